The van der Waals surface area contributed by atoms with Crippen LogP contribution >= 0.6 is 0 Å². The monoisotopic (exact) mass is 829 g/mol. The molecule has 0 saturated carbocycles. The molecule has 0 aromatic heterocycles. The first-order valence-corrected chi connectivity index (χ1v) is 24.1. The molecule has 5 heteroatoms. The number of carbonyl (C=O) groups excluding carboxylic acids is 2. The lowest BCUT2D eigenvalue weighted by Gasteiger charge is -2.18. The average Bonchev–Trinajstić information content (AvgIpc) is 3.25. The molecule has 338 valence electrons. The van der Waals surface area contributed by atoms with Crippen molar-refractivity contribution in [3.05, 3.63) is 122 Å². The average molecular weight is 829 g/mol. The minimum absolute atomic E-state index is 0.0422. The van der Waals surface area contributed by atoms with Gasteiger partial charge >= 0.3 is 11.9 Å². The van der Waals surface area contributed by atoms with Gasteiger partial charge in [0.1, 0.15) is 6.61 Å². The Morgan fingerprint density at radius 3 is 1.20 bits per heavy atom. The highest BCUT2D eigenvalue weighted by molar-refractivity contribution is 5.70. The number of hydrogen-bond donors (Lipinski definition) is 0. The summed E-state index contributed by atoms with van der Waals surface area (Å²) in [5, 5.41) is 0. The predicted molar refractivity (Wildman–Crippen MR) is 260 cm³/mol. The van der Waals surface area contributed by atoms with Gasteiger partial charge < -0.3 is 14.2 Å². The molecule has 0 fully saturated rings. The van der Waals surface area contributed by atoms with Gasteiger partial charge in [-0.15, -0.1) is 0 Å². The Kier molecular flexibility index (Phi) is 46.6. The molecule has 0 heterocycles. The number of unbranched alkanes of at least 4 members (excludes halogenated alkanes) is 11. The van der Waals surface area contributed by atoms with Crippen LogP contribution in [0.15, 0.2) is 122 Å². The fraction of sp³-hybridized carbons (Fsp3) is 0.600. The second-order valence-electron chi connectivity index (χ2n) is 15.3. The van der Waals surface area contributed by atoms with Crippen LogP contribution in [0.2, 0.25) is 0 Å². The highest BCUT2D eigenvalue weighted by Crippen LogP contribution is 2.11. The van der Waals surface area contributed by atoms with Gasteiger partial charge in [0.05, 0.1) is 6.61 Å². The van der Waals surface area contributed by atoms with Crippen LogP contribution in [0, 0.1) is 0 Å². The van der Waals surface area contributed by atoms with Crippen molar-refractivity contribution in [2.45, 2.75) is 194 Å². The normalized spacial score (nSPS) is 13.3. The Labute approximate surface area is 369 Å². The van der Waals surface area contributed by atoms with Gasteiger partial charge in [0.25, 0.3) is 0 Å². The summed E-state index contributed by atoms with van der Waals surface area (Å²) in [6, 6.07) is 0. The lowest BCUT2D eigenvalue weighted by molar-refractivity contribution is -0.163. The van der Waals surface area contributed by atoms with E-state index in [1.807, 2.05) is 0 Å². The van der Waals surface area contributed by atoms with Gasteiger partial charge in [-0.2, -0.15) is 0 Å². The Bertz CT molecular complexity index is 1260. The smallest absolute Gasteiger partial charge is 0.306 e. The first-order chi connectivity index (χ1) is 29.6. The lowest BCUT2D eigenvalue weighted by atomic mass is 10.1. The third-order valence-electron chi connectivity index (χ3n) is 9.49. The first kappa shape index (κ1) is 56.3. The molecule has 0 N–H and O–H groups in total. The first-order valence-electron chi connectivity index (χ1n) is 24.1. The van der Waals surface area contributed by atoms with Gasteiger partial charge in [-0.1, -0.05) is 194 Å². The molecule has 0 aliphatic carbocycles. The molecule has 0 aliphatic heterocycles. The molecule has 0 rings (SSSR count). The van der Waals surface area contributed by atoms with Gasteiger partial charge in [-0.25, -0.2) is 0 Å². The van der Waals surface area contributed by atoms with Crippen molar-refractivity contribution >= 4 is 11.9 Å². The summed E-state index contributed by atoms with van der Waals surface area (Å²) < 4.78 is 17.2. The third-order valence-corrected chi connectivity index (χ3v) is 9.49. The number of allylic oxidation sites excluding steroid dienone is 20. The van der Waals surface area contributed by atoms with E-state index in [1.54, 1.807) is 0 Å². The molecular formula is C55H88O5. The van der Waals surface area contributed by atoms with E-state index < -0.39 is 6.10 Å². The molecule has 0 saturated heterocycles. The van der Waals surface area contributed by atoms with Crippen LogP contribution < -0.4 is 0 Å². The number of esters is 2. The SMILES string of the molecule is CC/C=C\C/C=C\C/C=C\C/C=C\C/C=C\C/C=C\CCCOCC(COC(=O)CCCCCC/C=C\C/C=C\C/C=C\C/C=C\CC)OC(=O)CCCCCCCCC. The molecule has 0 aromatic carbocycles. The number of ether oxygens (including phenoxy) is 3. The van der Waals surface area contributed by atoms with Crippen molar-refractivity contribution in [2.75, 3.05) is 19.8 Å². The van der Waals surface area contributed by atoms with E-state index in [0.717, 1.165) is 128 Å². The fourth-order valence-corrected chi connectivity index (χ4v) is 5.99. The minimum Gasteiger partial charge on any atom is -0.462 e. The van der Waals surface area contributed by atoms with Crippen molar-refractivity contribution in [1.29, 1.82) is 0 Å². The fourth-order valence-electron chi connectivity index (χ4n) is 5.99. The molecule has 0 aromatic rings. The van der Waals surface area contributed by atoms with Crippen molar-refractivity contribution in [1.82, 2.24) is 0 Å². The maximum atomic E-state index is 12.6. The molecule has 0 aliphatic rings. The van der Waals surface area contributed by atoms with Gasteiger partial charge in [0.15, 0.2) is 6.10 Å². The quantitative estimate of drug-likeness (QED) is 0.0348. The summed E-state index contributed by atoms with van der Waals surface area (Å²) in [4.78, 5) is 25.2. The van der Waals surface area contributed by atoms with E-state index in [0.29, 0.717) is 19.4 Å². The van der Waals surface area contributed by atoms with Crippen molar-refractivity contribution in [3.63, 3.8) is 0 Å². The molecule has 1 unspecified atom stereocenters. The second kappa shape index (κ2) is 49.7. The Morgan fingerprint density at radius 1 is 0.383 bits per heavy atom. The minimum atomic E-state index is -0.581. The molecule has 1 atom stereocenters. The maximum absolute atomic E-state index is 12.6. The van der Waals surface area contributed by atoms with Crippen molar-refractivity contribution < 1.29 is 23.8 Å². The molecule has 60 heavy (non-hydrogen) atoms. The van der Waals surface area contributed by atoms with Gasteiger partial charge in [0.2, 0.25) is 0 Å². The Hall–Kier alpha value is -3.70. The summed E-state index contributed by atoms with van der Waals surface area (Å²) in [7, 11) is 0. The van der Waals surface area contributed by atoms with E-state index in [-0.39, 0.29) is 25.2 Å². The molecule has 5 nitrogen and oxygen atoms in total. The molecule has 0 spiro atoms. The summed E-state index contributed by atoms with van der Waals surface area (Å²) >= 11 is 0. The zero-order valence-corrected chi connectivity index (χ0v) is 38.7. The standard InChI is InChI=1S/C55H88O5/c1-4-7-10-13-16-18-20-22-24-26-27-28-30-32-34-36-38-41-44-47-50-58-51-53(60-55(57)49-46-43-39-15-12-9-6-3)52-59-54(56)48-45-42-40-37-35-33-31-29-25-23-21-19-17-14-11-8-5-2/h7-8,10-11,16-19,22-25,27-28,31-34,38,41,53H,4-6,9,12-15,20-21,26,29-30,35-37,39-40,42-52H2,1-3H3/b10-7-,11-8-,18-16-,19-17-,24-22-,25-23-,28-27-,33-31-,34-32-,41-38-. The Morgan fingerprint density at radius 2 is 0.750 bits per heavy atom. The van der Waals surface area contributed by atoms with Crippen LogP contribution in [0.25, 0.3) is 0 Å². The lowest BCUT2D eigenvalue weighted by Crippen LogP contribution is -2.30. The van der Waals surface area contributed by atoms with Crippen LogP contribution in [0.3, 0.4) is 0 Å². The van der Waals surface area contributed by atoms with Crippen LogP contribution in [0.1, 0.15) is 188 Å². The van der Waals surface area contributed by atoms with Crippen LogP contribution in [-0.2, 0) is 23.8 Å². The van der Waals surface area contributed by atoms with Crippen LogP contribution in [0.5, 0.6) is 0 Å². The predicted octanol–water partition coefficient (Wildman–Crippen LogP) is 16.2. The number of rotatable bonds is 42. The number of hydrogen-bond acceptors (Lipinski definition) is 5. The van der Waals surface area contributed by atoms with E-state index in [1.165, 1.54) is 25.7 Å². The van der Waals surface area contributed by atoms with Crippen LogP contribution in [-0.4, -0.2) is 37.9 Å². The van der Waals surface area contributed by atoms with Crippen molar-refractivity contribution in [2.24, 2.45) is 0 Å². The molecule has 0 radical (unpaired) electrons. The van der Waals surface area contributed by atoms with E-state index in [2.05, 4.69) is 142 Å². The second-order valence-corrected chi connectivity index (χ2v) is 15.3. The van der Waals surface area contributed by atoms with Crippen molar-refractivity contribution in [3.8, 4) is 0 Å². The summed E-state index contributed by atoms with van der Waals surface area (Å²) in [6.45, 7) is 7.37. The topological polar surface area (TPSA) is 61.8 Å². The number of carbonyl (C=O) groups is 2. The highest BCUT2D eigenvalue weighted by atomic mass is 16.6. The maximum Gasteiger partial charge on any atom is 0.306 e. The van der Waals surface area contributed by atoms with Crippen LogP contribution in [0.4, 0.5) is 0 Å². The van der Waals surface area contributed by atoms with E-state index in [4.69, 9.17) is 14.2 Å². The highest BCUT2D eigenvalue weighted by Gasteiger charge is 2.17. The Balaban J connectivity index is 4.32. The molecule has 0 bridgehead atoms. The zero-order valence-electron chi connectivity index (χ0n) is 38.7. The zero-order chi connectivity index (χ0) is 43.5. The van der Waals surface area contributed by atoms with E-state index in [9.17, 15) is 9.59 Å². The van der Waals surface area contributed by atoms with Gasteiger partial charge in [0, 0.05) is 19.4 Å². The molecule has 0 amide bonds. The van der Waals surface area contributed by atoms with E-state index >= 15 is 0 Å². The summed E-state index contributed by atoms with van der Waals surface area (Å²) in [5.74, 6) is -0.473. The summed E-state index contributed by atoms with van der Waals surface area (Å²) in [5.41, 5.74) is 0. The van der Waals surface area contributed by atoms with Gasteiger partial charge in [-0.3, -0.25) is 9.59 Å². The van der Waals surface area contributed by atoms with Gasteiger partial charge in [-0.05, 0) is 103 Å². The molecular weight excluding hydrogens is 741 g/mol. The summed E-state index contributed by atoms with van der Waals surface area (Å²) in [6.07, 6.45) is 69.4. The largest absolute Gasteiger partial charge is 0.462 e. The third kappa shape index (κ3) is 47.0.